The predicted octanol–water partition coefficient (Wildman–Crippen LogP) is 3.03. The Morgan fingerprint density at radius 2 is 2.00 bits per heavy atom. The van der Waals surface area contributed by atoms with Crippen LogP contribution in [0, 0.1) is 12.7 Å². The van der Waals surface area contributed by atoms with E-state index in [2.05, 4.69) is 5.32 Å². The Bertz CT molecular complexity index is 400. The number of hydrogen-bond donors (Lipinski definition) is 1. The topological polar surface area (TPSA) is 29.1 Å². The lowest BCUT2D eigenvalue weighted by molar-refractivity contribution is -0.150. The molecule has 0 unspecified atom stereocenters. The van der Waals surface area contributed by atoms with Gasteiger partial charge in [0, 0.05) is 5.69 Å². The summed E-state index contributed by atoms with van der Waals surface area (Å²) in [4.78, 5) is 10.9. The highest BCUT2D eigenvalue weighted by Crippen LogP contribution is 2.21. The van der Waals surface area contributed by atoms with Gasteiger partial charge in [0.2, 0.25) is 5.91 Å². The van der Waals surface area contributed by atoms with E-state index in [9.17, 15) is 22.4 Å². The van der Waals surface area contributed by atoms with Gasteiger partial charge in [-0.1, -0.05) is 0 Å². The minimum Gasteiger partial charge on any atom is -0.326 e. The molecule has 16 heavy (non-hydrogen) atoms. The number of aryl methyl sites for hydroxylation is 1. The van der Waals surface area contributed by atoms with E-state index in [0.717, 1.165) is 12.1 Å². The van der Waals surface area contributed by atoms with Gasteiger partial charge in [-0.3, -0.25) is 4.79 Å². The largest absolute Gasteiger partial charge is 0.397 e. The van der Waals surface area contributed by atoms with Crippen molar-refractivity contribution in [2.24, 2.45) is 0 Å². The van der Waals surface area contributed by atoms with Crippen molar-refractivity contribution >= 4 is 11.6 Å². The summed E-state index contributed by atoms with van der Waals surface area (Å²) in [5.74, 6) is -1.67. The summed E-state index contributed by atoms with van der Waals surface area (Å²) < 4.78 is 48.2. The molecule has 1 aromatic carbocycles. The van der Waals surface area contributed by atoms with Crippen LogP contribution in [-0.4, -0.2) is 12.1 Å². The number of benzene rings is 1. The minimum atomic E-state index is -4.54. The van der Waals surface area contributed by atoms with Gasteiger partial charge in [-0.15, -0.1) is 0 Å². The zero-order chi connectivity index (χ0) is 12.3. The van der Waals surface area contributed by atoms with Gasteiger partial charge in [-0.25, -0.2) is 4.39 Å². The van der Waals surface area contributed by atoms with E-state index < -0.39 is 24.3 Å². The van der Waals surface area contributed by atoms with Crippen LogP contribution in [0.15, 0.2) is 18.2 Å². The number of carbonyl (C=O) groups is 1. The van der Waals surface area contributed by atoms with Crippen LogP contribution in [0.25, 0.3) is 0 Å². The van der Waals surface area contributed by atoms with Crippen LogP contribution in [-0.2, 0) is 4.79 Å². The Balaban J connectivity index is 2.70. The third kappa shape index (κ3) is 3.88. The third-order valence-corrected chi connectivity index (χ3v) is 1.82. The molecule has 88 valence electrons. The summed E-state index contributed by atoms with van der Waals surface area (Å²) in [6.45, 7) is 1.49. The molecule has 2 nitrogen and oxygen atoms in total. The molecule has 0 fully saturated rings. The number of rotatable bonds is 2. The molecule has 0 aliphatic rings. The number of hydrogen-bond acceptors (Lipinski definition) is 1. The molecule has 1 amide bonds. The molecule has 0 radical (unpaired) electrons. The molecule has 0 aliphatic carbocycles. The van der Waals surface area contributed by atoms with Gasteiger partial charge < -0.3 is 5.32 Å². The highest BCUT2D eigenvalue weighted by atomic mass is 19.4. The van der Waals surface area contributed by atoms with Crippen LogP contribution in [0.5, 0.6) is 0 Å². The number of alkyl halides is 3. The van der Waals surface area contributed by atoms with Crippen molar-refractivity contribution in [2.45, 2.75) is 19.5 Å². The molecular formula is C10H9F4NO. The van der Waals surface area contributed by atoms with Gasteiger partial charge in [-0.2, -0.15) is 13.2 Å². The van der Waals surface area contributed by atoms with Crippen LogP contribution in [0.1, 0.15) is 12.0 Å². The zero-order valence-electron chi connectivity index (χ0n) is 8.36. The maximum absolute atomic E-state index is 12.7. The maximum atomic E-state index is 12.7. The lowest BCUT2D eigenvalue weighted by atomic mass is 10.2. The molecule has 0 bridgehead atoms. The molecule has 1 N–H and O–H groups in total. The number of amides is 1. The fourth-order valence-electron chi connectivity index (χ4n) is 1.14. The standard InChI is InChI=1S/C10H9F4NO/c1-6-4-7(11)2-3-8(6)15-9(16)5-10(12,13)14/h2-4H,5H2,1H3,(H,15,16). The molecule has 1 rings (SSSR count). The minimum absolute atomic E-state index is 0.177. The average molecular weight is 235 g/mol. The number of carbonyl (C=O) groups excluding carboxylic acids is 1. The Hall–Kier alpha value is -1.59. The van der Waals surface area contributed by atoms with Crippen molar-refractivity contribution < 1.29 is 22.4 Å². The van der Waals surface area contributed by atoms with E-state index in [1.807, 2.05) is 0 Å². The predicted molar refractivity (Wildman–Crippen MR) is 50.4 cm³/mol. The van der Waals surface area contributed by atoms with Gasteiger partial charge >= 0.3 is 6.18 Å². The summed E-state index contributed by atoms with van der Waals surface area (Å²) in [6.07, 6.45) is -6.10. The number of halogens is 4. The fourth-order valence-corrected chi connectivity index (χ4v) is 1.14. The molecule has 0 heterocycles. The molecule has 0 saturated heterocycles. The average Bonchev–Trinajstić information content (AvgIpc) is 2.06. The van der Waals surface area contributed by atoms with E-state index in [0.29, 0.717) is 5.56 Å². The van der Waals surface area contributed by atoms with Crippen molar-refractivity contribution in [3.63, 3.8) is 0 Å². The molecule has 0 aliphatic heterocycles. The third-order valence-electron chi connectivity index (χ3n) is 1.82. The molecule has 6 heteroatoms. The second-order valence-corrected chi connectivity index (χ2v) is 3.30. The Kier molecular flexibility index (Phi) is 3.51. The van der Waals surface area contributed by atoms with Gasteiger partial charge in [-0.05, 0) is 30.7 Å². The Morgan fingerprint density at radius 3 is 2.50 bits per heavy atom. The van der Waals surface area contributed by atoms with E-state index >= 15 is 0 Å². The first kappa shape index (κ1) is 12.5. The molecule has 0 saturated carbocycles. The smallest absolute Gasteiger partial charge is 0.326 e. The normalized spacial score (nSPS) is 11.3. The van der Waals surface area contributed by atoms with E-state index in [1.165, 1.54) is 13.0 Å². The monoisotopic (exact) mass is 235 g/mol. The van der Waals surface area contributed by atoms with Crippen molar-refractivity contribution in [1.29, 1.82) is 0 Å². The maximum Gasteiger partial charge on any atom is 0.397 e. The van der Waals surface area contributed by atoms with Crippen molar-refractivity contribution in [1.82, 2.24) is 0 Å². The first-order chi connectivity index (χ1) is 7.28. The number of nitrogens with one attached hydrogen (secondary N) is 1. The van der Waals surface area contributed by atoms with Gasteiger partial charge in [0.25, 0.3) is 0 Å². The molecule has 1 aromatic rings. The van der Waals surface area contributed by atoms with Gasteiger partial charge in [0.05, 0.1) is 0 Å². The summed E-state index contributed by atoms with van der Waals surface area (Å²) in [5.41, 5.74) is 0.547. The van der Waals surface area contributed by atoms with Crippen LogP contribution in [0.4, 0.5) is 23.2 Å². The second kappa shape index (κ2) is 4.51. The summed E-state index contributed by atoms with van der Waals surface area (Å²) >= 11 is 0. The molecule has 0 aromatic heterocycles. The van der Waals surface area contributed by atoms with E-state index in [-0.39, 0.29) is 5.69 Å². The summed E-state index contributed by atoms with van der Waals surface area (Å²) in [5, 5.41) is 2.07. The van der Waals surface area contributed by atoms with Crippen molar-refractivity contribution in [3.8, 4) is 0 Å². The van der Waals surface area contributed by atoms with Crippen LogP contribution in [0.3, 0.4) is 0 Å². The molecule has 0 atom stereocenters. The number of anilines is 1. The van der Waals surface area contributed by atoms with Gasteiger partial charge in [0.1, 0.15) is 12.2 Å². The lowest BCUT2D eigenvalue weighted by Gasteiger charge is -2.09. The summed E-state index contributed by atoms with van der Waals surface area (Å²) in [7, 11) is 0. The van der Waals surface area contributed by atoms with Crippen LogP contribution < -0.4 is 5.32 Å². The van der Waals surface area contributed by atoms with Crippen LogP contribution >= 0.6 is 0 Å². The van der Waals surface area contributed by atoms with Crippen molar-refractivity contribution in [2.75, 3.05) is 5.32 Å². The Labute approximate surface area is 89.3 Å². The SMILES string of the molecule is Cc1cc(F)ccc1NC(=O)CC(F)(F)F. The van der Waals surface area contributed by atoms with Gasteiger partial charge in [0.15, 0.2) is 0 Å². The zero-order valence-corrected chi connectivity index (χ0v) is 8.36. The van der Waals surface area contributed by atoms with Crippen LogP contribution in [0.2, 0.25) is 0 Å². The highest BCUT2D eigenvalue weighted by molar-refractivity contribution is 5.91. The highest BCUT2D eigenvalue weighted by Gasteiger charge is 2.31. The molecular weight excluding hydrogens is 226 g/mol. The first-order valence-corrected chi connectivity index (χ1v) is 4.41. The quantitative estimate of drug-likeness (QED) is 0.784. The lowest BCUT2D eigenvalue weighted by Crippen LogP contribution is -2.21. The fraction of sp³-hybridized carbons (Fsp3) is 0.300. The Morgan fingerprint density at radius 1 is 1.38 bits per heavy atom. The van der Waals surface area contributed by atoms with E-state index in [4.69, 9.17) is 0 Å². The molecule has 0 spiro atoms. The summed E-state index contributed by atoms with van der Waals surface area (Å²) in [6, 6.07) is 3.42. The van der Waals surface area contributed by atoms with E-state index in [1.54, 1.807) is 0 Å². The first-order valence-electron chi connectivity index (χ1n) is 4.41. The van der Waals surface area contributed by atoms with Crippen molar-refractivity contribution in [3.05, 3.63) is 29.6 Å². The second-order valence-electron chi connectivity index (χ2n) is 3.30.